The van der Waals surface area contributed by atoms with Gasteiger partial charge in [0.05, 0.1) is 0 Å². The first kappa shape index (κ1) is 13.4. The Labute approximate surface area is 117 Å². The molecule has 1 aliphatic heterocycles. The lowest BCUT2D eigenvalue weighted by molar-refractivity contribution is 0.495. The minimum Gasteiger partial charge on any atom is -0.316 e. The van der Waals surface area contributed by atoms with E-state index in [1.807, 2.05) is 0 Å². The van der Waals surface area contributed by atoms with Crippen LogP contribution in [-0.4, -0.2) is 24.1 Å². The number of nitrogens with one attached hydrogen (secondary N) is 1. The van der Waals surface area contributed by atoms with Crippen LogP contribution < -0.4 is 5.32 Å². The van der Waals surface area contributed by atoms with Gasteiger partial charge in [-0.25, -0.2) is 0 Å². The highest BCUT2D eigenvalue weighted by molar-refractivity contribution is 9.10. The number of rotatable bonds is 4. The summed E-state index contributed by atoms with van der Waals surface area (Å²) in [5.74, 6) is 1.33. The van der Waals surface area contributed by atoms with Crippen molar-refractivity contribution in [2.24, 2.45) is 0 Å². The van der Waals surface area contributed by atoms with Crippen molar-refractivity contribution in [2.75, 3.05) is 12.8 Å². The zero-order valence-electron chi connectivity index (χ0n) is 10.3. The van der Waals surface area contributed by atoms with Gasteiger partial charge in [-0.1, -0.05) is 34.5 Å². The molecule has 3 heteroatoms. The summed E-state index contributed by atoms with van der Waals surface area (Å²) in [6.45, 7) is 0. The number of likely N-dealkylation sites (N-methyl/N-ethyl adjacent to an activating group) is 1. The van der Waals surface area contributed by atoms with Crippen LogP contribution in [0.1, 0.15) is 24.8 Å². The van der Waals surface area contributed by atoms with Crippen LogP contribution in [0.25, 0.3) is 0 Å². The summed E-state index contributed by atoms with van der Waals surface area (Å²) in [7, 11) is 2.10. The Bertz CT molecular complexity index is 350. The van der Waals surface area contributed by atoms with Gasteiger partial charge < -0.3 is 5.32 Å². The van der Waals surface area contributed by atoms with Crippen LogP contribution >= 0.6 is 27.7 Å². The molecule has 2 unspecified atom stereocenters. The summed E-state index contributed by atoms with van der Waals surface area (Å²) in [6.07, 6.45) is 5.29. The highest BCUT2D eigenvalue weighted by Gasteiger charge is 2.22. The monoisotopic (exact) mass is 313 g/mol. The van der Waals surface area contributed by atoms with E-state index >= 15 is 0 Å². The topological polar surface area (TPSA) is 12.0 Å². The highest BCUT2D eigenvalue weighted by atomic mass is 79.9. The van der Waals surface area contributed by atoms with Crippen molar-refractivity contribution < 1.29 is 0 Å². The maximum atomic E-state index is 3.54. The first-order valence-electron chi connectivity index (χ1n) is 6.33. The summed E-state index contributed by atoms with van der Waals surface area (Å²) < 4.78 is 1.18. The van der Waals surface area contributed by atoms with Gasteiger partial charge in [0.2, 0.25) is 0 Å². The van der Waals surface area contributed by atoms with E-state index in [0.717, 1.165) is 11.7 Å². The lowest BCUT2D eigenvalue weighted by atomic mass is 10.00. The molecule has 1 aliphatic rings. The van der Waals surface area contributed by atoms with Gasteiger partial charge in [-0.2, -0.15) is 11.8 Å². The average Bonchev–Trinajstić information content (AvgIpc) is 2.37. The Morgan fingerprint density at radius 2 is 2.35 bits per heavy atom. The average molecular weight is 314 g/mol. The molecule has 0 radical (unpaired) electrons. The van der Waals surface area contributed by atoms with Gasteiger partial charge in [-0.05, 0) is 49.8 Å². The summed E-state index contributed by atoms with van der Waals surface area (Å²) in [5.41, 5.74) is 1.42. The molecular weight excluding hydrogens is 294 g/mol. The minimum absolute atomic E-state index is 0.606. The van der Waals surface area contributed by atoms with Gasteiger partial charge in [-0.3, -0.25) is 0 Å². The van der Waals surface area contributed by atoms with E-state index in [1.54, 1.807) is 0 Å². The van der Waals surface area contributed by atoms with E-state index in [-0.39, 0.29) is 0 Å². The first-order valence-corrected chi connectivity index (χ1v) is 8.17. The zero-order chi connectivity index (χ0) is 12.1. The Balaban J connectivity index is 1.98. The molecule has 17 heavy (non-hydrogen) atoms. The van der Waals surface area contributed by atoms with Gasteiger partial charge in [-0.15, -0.1) is 0 Å². The molecule has 1 nitrogen and oxygen atoms in total. The Hall–Kier alpha value is 0.01000. The molecule has 94 valence electrons. The van der Waals surface area contributed by atoms with Crippen LogP contribution in [-0.2, 0) is 6.42 Å². The van der Waals surface area contributed by atoms with Crippen molar-refractivity contribution in [1.82, 2.24) is 5.32 Å². The molecule has 0 saturated carbocycles. The second-order valence-electron chi connectivity index (χ2n) is 4.63. The molecule has 0 aliphatic carbocycles. The molecule has 2 rings (SSSR count). The number of benzene rings is 1. The normalized spacial score (nSPS) is 22.4. The van der Waals surface area contributed by atoms with E-state index in [9.17, 15) is 0 Å². The summed E-state index contributed by atoms with van der Waals surface area (Å²) in [6, 6.07) is 9.28. The van der Waals surface area contributed by atoms with Crippen molar-refractivity contribution in [3.8, 4) is 0 Å². The third-order valence-electron chi connectivity index (χ3n) is 3.38. The fourth-order valence-corrected chi connectivity index (χ4v) is 4.34. The molecule has 0 aromatic heterocycles. The molecule has 1 aromatic rings. The number of hydrogen-bond acceptors (Lipinski definition) is 2. The van der Waals surface area contributed by atoms with Gasteiger partial charge in [0.1, 0.15) is 0 Å². The van der Waals surface area contributed by atoms with E-state index in [1.165, 1.54) is 35.1 Å². The van der Waals surface area contributed by atoms with Crippen LogP contribution in [0, 0.1) is 0 Å². The fraction of sp³-hybridized carbons (Fsp3) is 0.571. The summed E-state index contributed by atoms with van der Waals surface area (Å²) >= 11 is 5.69. The van der Waals surface area contributed by atoms with Gasteiger partial charge in [0, 0.05) is 15.8 Å². The van der Waals surface area contributed by atoms with Crippen molar-refractivity contribution in [3.63, 3.8) is 0 Å². The van der Waals surface area contributed by atoms with Crippen molar-refractivity contribution in [3.05, 3.63) is 34.3 Å². The molecule has 0 spiro atoms. The molecular formula is C14H20BrNS. The fourth-order valence-electron chi connectivity index (χ4n) is 2.42. The third kappa shape index (κ3) is 4.01. The molecule has 1 N–H and O–H groups in total. The Morgan fingerprint density at radius 1 is 1.47 bits per heavy atom. The SMILES string of the molecule is CNC(Cc1cccc(Br)c1)C1CCCCS1. The van der Waals surface area contributed by atoms with Crippen molar-refractivity contribution in [1.29, 1.82) is 0 Å². The lowest BCUT2D eigenvalue weighted by Gasteiger charge is -2.29. The quantitative estimate of drug-likeness (QED) is 0.905. The van der Waals surface area contributed by atoms with Crippen LogP contribution in [0.5, 0.6) is 0 Å². The molecule has 1 saturated heterocycles. The van der Waals surface area contributed by atoms with Crippen molar-refractivity contribution >= 4 is 27.7 Å². The molecule has 0 bridgehead atoms. The Morgan fingerprint density at radius 3 is 3.00 bits per heavy atom. The first-order chi connectivity index (χ1) is 8.29. The van der Waals surface area contributed by atoms with Crippen LogP contribution in [0.3, 0.4) is 0 Å². The maximum Gasteiger partial charge on any atom is 0.0223 e. The third-order valence-corrected chi connectivity index (χ3v) is 5.39. The number of halogens is 1. The maximum absolute atomic E-state index is 3.54. The molecule has 1 aromatic carbocycles. The molecule has 1 fully saturated rings. The minimum atomic E-state index is 0.606. The number of thioether (sulfide) groups is 1. The molecule has 1 heterocycles. The predicted octanol–water partition coefficient (Wildman–Crippen LogP) is 3.87. The van der Waals surface area contributed by atoms with Crippen LogP contribution in [0.15, 0.2) is 28.7 Å². The number of hydrogen-bond donors (Lipinski definition) is 1. The zero-order valence-corrected chi connectivity index (χ0v) is 12.7. The molecule has 0 amide bonds. The smallest absolute Gasteiger partial charge is 0.0223 e. The van der Waals surface area contributed by atoms with E-state index in [0.29, 0.717) is 6.04 Å². The van der Waals surface area contributed by atoms with E-state index in [2.05, 4.69) is 64.3 Å². The van der Waals surface area contributed by atoms with Gasteiger partial charge >= 0.3 is 0 Å². The molecule has 2 atom stereocenters. The van der Waals surface area contributed by atoms with Crippen molar-refractivity contribution in [2.45, 2.75) is 37.0 Å². The highest BCUT2D eigenvalue weighted by Crippen LogP contribution is 2.29. The van der Waals surface area contributed by atoms with Gasteiger partial charge in [0.15, 0.2) is 0 Å². The van der Waals surface area contributed by atoms with Gasteiger partial charge in [0.25, 0.3) is 0 Å². The van der Waals surface area contributed by atoms with Crippen LogP contribution in [0.2, 0.25) is 0 Å². The second-order valence-corrected chi connectivity index (χ2v) is 6.90. The standard InChI is InChI=1S/C14H20BrNS/c1-16-13(14-7-2-3-8-17-14)10-11-5-4-6-12(15)9-11/h4-6,9,13-14,16H,2-3,7-8,10H2,1H3. The lowest BCUT2D eigenvalue weighted by Crippen LogP contribution is -2.38. The summed E-state index contributed by atoms with van der Waals surface area (Å²) in [5, 5.41) is 4.29. The van der Waals surface area contributed by atoms with Crippen LogP contribution in [0.4, 0.5) is 0 Å². The second kappa shape index (κ2) is 6.81. The predicted molar refractivity (Wildman–Crippen MR) is 80.8 cm³/mol. The van der Waals surface area contributed by atoms with E-state index in [4.69, 9.17) is 0 Å². The van der Waals surface area contributed by atoms with E-state index < -0.39 is 0 Å². The Kier molecular flexibility index (Phi) is 5.39. The largest absolute Gasteiger partial charge is 0.316 e. The summed E-state index contributed by atoms with van der Waals surface area (Å²) in [4.78, 5) is 0.